The number of hydrogen-bond donors (Lipinski definition) is 2. The number of carbonyl (C=O) groups is 1. The lowest BCUT2D eigenvalue weighted by Gasteiger charge is -2.33. The van der Waals surface area contributed by atoms with Crippen molar-refractivity contribution in [2.75, 3.05) is 13.2 Å². The van der Waals surface area contributed by atoms with Crippen molar-refractivity contribution in [2.24, 2.45) is 0 Å². The van der Waals surface area contributed by atoms with E-state index in [0.717, 1.165) is 12.1 Å². The van der Waals surface area contributed by atoms with Gasteiger partial charge >= 0.3 is 5.97 Å². The van der Waals surface area contributed by atoms with Gasteiger partial charge in [-0.05, 0) is 18.4 Å². The zero-order valence-electron chi connectivity index (χ0n) is 12.2. The van der Waals surface area contributed by atoms with Gasteiger partial charge in [0.25, 0.3) is 6.43 Å². The number of alkyl halides is 2. The molecule has 1 heterocycles. The van der Waals surface area contributed by atoms with Crippen LogP contribution >= 0.6 is 0 Å². The number of aliphatic carboxylic acids is 1. The highest BCUT2D eigenvalue weighted by Gasteiger charge is 2.43. The number of ether oxygens (including phenoxy) is 1. The number of carboxylic acids is 1. The molecule has 1 aliphatic heterocycles. The summed E-state index contributed by atoms with van der Waals surface area (Å²) in [5.41, 5.74) is -1.60. The molecule has 1 aromatic rings. The SMILES string of the molecule is O=C(O)C1(NS(=O)(=O)Cc2ccc(C(F)F)cc2)CCCOC1. The van der Waals surface area contributed by atoms with E-state index >= 15 is 0 Å². The fourth-order valence-electron chi connectivity index (χ4n) is 2.40. The molecular weight excluding hydrogens is 332 g/mol. The summed E-state index contributed by atoms with van der Waals surface area (Å²) in [6, 6.07) is 4.86. The first-order valence-corrected chi connectivity index (χ1v) is 8.59. The van der Waals surface area contributed by atoms with E-state index < -0.39 is 33.7 Å². The second-order valence-electron chi connectivity index (χ2n) is 5.45. The molecule has 9 heteroatoms. The van der Waals surface area contributed by atoms with Gasteiger partial charge in [0, 0.05) is 12.2 Å². The third kappa shape index (κ3) is 4.46. The van der Waals surface area contributed by atoms with E-state index in [4.69, 9.17) is 4.74 Å². The first kappa shape index (κ1) is 17.8. The van der Waals surface area contributed by atoms with Gasteiger partial charge in [-0.15, -0.1) is 0 Å². The van der Waals surface area contributed by atoms with Crippen LogP contribution in [0.2, 0.25) is 0 Å². The Morgan fingerprint density at radius 3 is 2.48 bits per heavy atom. The van der Waals surface area contributed by atoms with Gasteiger partial charge in [-0.1, -0.05) is 24.3 Å². The van der Waals surface area contributed by atoms with Gasteiger partial charge in [-0.3, -0.25) is 4.79 Å². The fraction of sp³-hybridized carbons (Fsp3) is 0.500. The van der Waals surface area contributed by atoms with Crippen LogP contribution in [0.4, 0.5) is 8.78 Å². The van der Waals surface area contributed by atoms with Gasteiger partial charge < -0.3 is 9.84 Å². The van der Waals surface area contributed by atoms with Crippen molar-refractivity contribution in [3.05, 3.63) is 35.4 Å². The smallest absolute Gasteiger partial charge is 0.327 e. The summed E-state index contributed by atoms with van der Waals surface area (Å²) in [7, 11) is -3.97. The third-order valence-electron chi connectivity index (χ3n) is 3.59. The van der Waals surface area contributed by atoms with Crippen LogP contribution in [0.3, 0.4) is 0 Å². The summed E-state index contributed by atoms with van der Waals surface area (Å²) >= 11 is 0. The summed E-state index contributed by atoms with van der Waals surface area (Å²) in [6.45, 7) is 0.137. The molecule has 0 radical (unpaired) electrons. The fourth-order valence-corrected chi connectivity index (χ4v) is 3.95. The van der Waals surface area contributed by atoms with Gasteiger partial charge in [0.15, 0.2) is 5.54 Å². The predicted molar refractivity (Wildman–Crippen MR) is 77.6 cm³/mol. The predicted octanol–water partition coefficient (Wildman–Crippen LogP) is 1.68. The Kier molecular flexibility index (Phi) is 5.33. The van der Waals surface area contributed by atoms with Gasteiger partial charge in [0.05, 0.1) is 12.4 Å². The summed E-state index contributed by atoms with van der Waals surface area (Å²) < 4.78 is 56.7. The Labute approximate surface area is 132 Å². The molecule has 0 saturated carbocycles. The number of carboxylic acid groups (broad SMARTS) is 1. The van der Waals surface area contributed by atoms with Gasteiger partial charge in [-0.2, -0.15) is 4.72 Å². The number of halogens is 2. The molecule has 1 atom stereocenters. The highest BCUT2D eigenvalue weighted by molar-refractivity contribution is 7.88. The molecule has 2 N–H and O–H groups in total. The standard InChI is InChI=1S/C14H17F2NO5S/c15-12(16)11-4-2-10(3-5-11)8-23(20,21)17-14(13(18)19)6-1-7-22-9-14/h2-5,12,17H,1,6-9H2,(H,18,19). The van der Waals surface area contributed by atoms with E-state index in [1.807, 2.05) is 0 Å². The van der Waals surface area contributed by atoms with Gasteiger partial charge in [0.2, 0.25) is 10.0 Å². The zero-order chi connectivity index (χ0) is 17.1. The van der Waals surface area contributed by atoms with E-state index in [9.17, 15) is 27.1 Å². The Bertz CT molecular complexity index is 654. The van der Waals surface area contributed by atoms with Gasteiger partial charge in [-0.25, -0.2) is 17.2 Å². The third-order valence-corrected chi connectivity index (χ3v) is 5.00. The number of nitrogens with one attached hydrogen (secondary N) is 1. The Morgan fingerprint density at radius 1 is 1.35 bits per heavy atom. The molecule has 0 aliphatic carbocycles. The molecule has 0 amide bonds. The maximum Gasteiger partial charge on any atom is 0.327 e. The second kappa shape index (κ2) is 6.90. The van der Waals surface area contributed by atoms with Crippen LogP contribution in [-0.4, -0.2) is 38.2 Å². The Balaban J connectivity index is 2.13. The van der Waals surface area contributed by atoms with Crippen molar-refractivity contribution in [1.82, 2.24) is 4.72 Å². The molecular formula is C14H17F2NO5S. The Hall–Kier alpha value is -1.58. The maximum atomic E-state index is 12.5. The van der Waals surface area contributed by atoms with Crippen molar-refractivity contribution in [3.63, 3.8) is 0 Å². The lowest BCUT2D eigenvalue weighted by Crippen LogP contribution is -2.59. The normalized spacial score (nSPS) is 22.2. The van der Waals surface area contributed by atoms with Crippen LogP contribution < -0.4 is 4.72 Å². The minimum Gasteiger partial charge on any atom is -0.480 e. The molecule has 6 nitrogen and oxygen atoms in total. The lowest BCUT2D eigenvalue weighted by molar-refractivity contribution is -0.149. The van der Waals surface area contributed by atoms with Crippen molar-refractivity contribution >= 4 is 16.0 Å². The molecule has 1 saturated heterocycles. The average molecular weight is 349 g/mol. The van der Waals surface area contributed by atoms with Crippen LogP contribution in [0, 0.1) is 0 Å². The minimum absolute atomic E-state index is 0.131. The molecule has 0 bridgehead atoms. The highest BCUT2D eigenvalue weighted by Crippen LogP contribution is 2.23. The molecule has 128 valence electrons. The molecule has 1 aliphatic rings. The summed E-state index contributed by atoms with van der Waals surface area (Å²) in [5, 5.41) is 9.33. The summed E-state index contributed by atoms with van der Waals surface area (Å²) in [5.74, 6) is -1.79. The van der Waals surface area contributed by atoms with Crippen LogP contribution in [0.1, 0.15) is 30.4 Å². The highest BCUT2D eigenvalue weighted by atomic mass is 32.2. The van der Waals surface area contributed by atoms with E-state index in [0.29, 0.717) is 18.6 Å². The first-order chi connectivity index (χ1) is 10.7. The second-order valence-corrected chi connectivity index (χ2v) is 7.17. The van der Waals surface area contributed by atoms with E-state index in [1.54, 1.807) is 0 Å². The van der Waals surface area contributed by atoms with Crippen LogP contribution in [0.5, 0.6) is 0 Å². The lowest BCUT2D eigenvalue weighted by atomic mass is 9.94. The van der Waals surface area contributed by atoms with Crippen LogP contribution in [0.25, 0.3) is 0 Å². The molecule has 0 aromatic heterocycles. The number of benzene rings is 1. The van der Waals surface area contributed by atoms with E-state index in [-0.39, 0.29) is 18.6 Å². The molecule has 1 aromatic carbocycles. The van der Waals surface area contributed by atoms with Crippen molar-refractivity contribution < 1.29 is 31.8 Å². The number of sulfonamides is 1. The largest absolute Gasteiger partial charge is 0.480 e. The van der Waals surface area contributed by atoms with Crippen LogP contribution in [-0.2, 0) is 25.3 Å². The molecule has 1 fully saturated rings. The molecule has 2 rings (SSSR count). The number of rotatable bonds is 6. The topological polar surface area (TPSA) is 92.7 Å². The average Bonchev–Trinajstić information content (AvgIpc) is 2.47. The molecule has 1 unspecified atom stereocenters. The first-order valence-electron chi connectivity index (χ1n) is 6.94. The van der Waals surface area contributed by atoms with E-state index in [1.165, 1.54) is 12.1 Å². The quantitative estimate of drug-likeness (QED) is 0.815. The molecule has 0 spiro atoms. The molecule has 23 heavy (non-hydrogen) atoms. The van der Waals surface area contributed by atoms with Crippen molar-refractivity contribution in [3.8, 4) is 0 Å². The van der Waals surface area contributed by atoms with Crippen molar-refractivity contribution in [1.29, 1.82) is 0 Å². The Morgan fingerprint density at radius 2 is 2.00 bits per heavy atom. The maximum absolute atomic E-state index is 12.5. The summed E-state index contributed by atoms with van der Waals surface area (Å²) in [4.78, 5) is 11.4. The number of hydrogen-bond acceptors (Lipinski definition) is 4. The minimum atomic E-state index is -3.97. The monoisotopic (exact) mass is 349 g/mol. The van der Waals surface area contributed by atoms with Crippen LogP contribution in [0.15, 0.2) is 24.3 Å². The van der Waals surface area contributed by atoms with Gasteiger partial charge in [0.1, 0.15) is 0 Å². The van der Waals surface area contributed by atoms with Crippen molar-refractivity contribution in [2.45, 2.75) is 30.6 Å². The van der Waals surface area contributed by atoms with E-state index in [2.05, 4.69) is 4.72 Å². The summed E-state index contributed by atoms with van der Waals surface area (Å²) in [6.07, 6.45) is -2.07. The zero-order valence-corrected chi connectivity index (χ0v) is 13.0.